The highest BCUT2D eigenvalue weighted by Gasteiger charge is 2.25. The molecule has 4 nitrogen and oxygen atoms in total. The third-order valence-corrected chi connectivity index (χ3v) is 6.00. The predicted octanol–water partition coefficient (Wildman–Crippen LogP) is 2.73. The molecule has 1 aliphatic carbocycles. The average molecular weight is 311 g/mol. The van der Waals surface area contributed by atoms with E-state index in [2.05, 4.69) is 11.6 Å². The van der Waals surface area contributed by atoms with E-state index in [0.29, 0.717) is 11.5 Å². The summed E-state index contributed by atoms with van der Waals surface area (Å²) in [4.78, 5) is 0.246. The molecule has 1 saturated carbocycles. The molecule has 0 amide bonds. The van der Waals surface area contributed by atoms with Crippen LogP contribution in [0.5, 0.6) is 0 Å². The average Bonchev–Trinajstić information content (AvgIpc) is 2.47. The van der Waals surface area contributed by atoms with Crippen molar-refractivity contribution < 1.29 is 13.5 Å². The lowest BCUT2D eigenvalue weighted by Crippen LogP contribution is -2.38. The fourth-order valence-corrected chi connectivity index (χ4v) is 4.38. The summed E-state index contributed by atoms with van der Waals surface area (Å²) in [6.07, 6.45) is 5.23. The van der Waals surface area contributed by atoms with Crippen LogP contribution in [-0.2, 0) is 16.6 Å². The van der Waals surface area contributed by atoms with Crippen molar-refractivity contribution >= 4 is 10.0 Å². The van der Waals surface area contributed by atoms with Crippen molar-refractivity contribution in [3.63, 3.8) is 0 Å². The summed E-state index contributed by atoms with van der Waals surface area (Å²) in [5, 5.41) is 9.28. The zero-order valence-electron chi connectivity index (χ0n) is 12.8. The van der Waals surface area contributed by atoms with Crippen molar-refractivity contribution in [2.75, 3.05) is 0 Å². The maximum absolute atomic E-state index is 12.5. The molecule has 1 aromatic rings. The lowest BCUT2D eigenvalue weighted by molar-refractivity contribution is 0.280. The number of sulfonamides is 1. The Balaban J connectivity index is 2.14. The van der Waals surface area contributed by atoms with Crippen molar-refractivity contribution in [2.45, 2.75) is 63.5 Å². The minimum Gasteiger partial charge on any atom is -0.392 e. The standard InChI is InChI=1S/C16H25NO3S/c1-3-13-5-4-6-15(9-13)17-21(19,20)16-8-7-12(2)14(10-16)11-18/h7-8,10,13,15,17-18H,3-6,9,11H2,1-2H3. The van der Waals surface area contributed by atoms with E-state index in [0.717, 1.165) is 31.2 Å². The summed E-state index contributed by atoms with van der Waals surface area (Å²) in [7, 11) is -3.50. The van der Waals surface area contributed by atoms with Crippen molar-refractivity contribution in [3.05, 3.63) is 29.3 Å². The zero-order chi connectivity index (χ0) is 15.5. The summed E-state index contributed by atoms with van der Waals surface area (Å²) < 4.78 is 27.8. The second kappa shape index (κ2) is 6.90. The molecule has 2 N–H and O–H groups in total. The Morgan fingerprint density at radius 1 is 1.33 bits per heavy atom. The molecular weight excluding hydrogens is 286 g/mol. The van der Waals surface area contributed by atoms with Gasteiger partial charge in [0.05, 0.1) is 11.5 Å². The Kier molecular flexibility index (Phi) is 5.41. The van der Waals surface area contributed by atoms with E-state index >= 15 is 0 Å². The summed E-state index contributed by atoms with van der Waals surface area (Å²) in [5.74, 6) is 0.623. The SMILES string of the molecule is CCC1CCCC(NS(=O)(=O)c2ccc(C)c(CO)c2)C1. The molecule has 1 aromatic carbocycles. The van der Waals surface area contributed by atoms with Gasteiger partial charge in [-0.15, -0.1) is 0 Å². The van der Waals surface area contributed by atoms with Crippen LogP contribution in [0, 0.1) is 12.8 Å². The number of aliphatic hydroxyl groups excluding tert-OH is 1. The molecule has 5 heteroatoms. The van der Waals surface area contributed by atoms with Gasteiger partial charge in [-0.1, -0.05) is 32.3 Å². The monoisotopic (exact) mass is 311 g/mol. The van der Waals surface area contributed by atoms with E-state index in [1.807, 2.05) is 6.92 Å². The number of hydrogen-bond donors (Lipinski definition) is 2. The number of benzene rings is 1. The molecule has 0 saturated heterocycles. The van der Waals surface area contributed by atoms with Gasteiger partial charge in [0.15, 0.2) is 0 Å². The molecule has 21 heavy (non-hydrogen) atoms. The van der Waals surface area contributed by atoms with Gasteiger partial charge in [-0.25, -0.2) is 13.1 Å². The zero-order valence-corrected chi connectivity index (χ0v) is 13.6. The van der Waals surface area contributed by atoms with Gasteiger partial charge in [-0.3, -0.25) is 0 Å². The van der Waals surface area contributed by atoms with Crippen LogP contribution in [0.4, 0.5) is 0 Å². The molecular formula is C16H25NO3S. The molecule has 2 unspecified atom stereocenters. The smallest absolute Gasteiger partial charge is 0.240 e. The fraction of sp³-hybridized carbons (Fsp3) is 0.625. The largest absolute Gasteiger partial charge is 0.392 e. The highest BCUT2D eigenvalue weighted by atomic mass is 32.2. The van der Waals surface area contributed by atoms with Gasteiger partial charge < -0.3 is 5.11 Å². The number of rotatable bonds is 5. The van der Waals surface area contributed by atoms with E-state index in [1.54, 1.807) is 18.2 Å². The van der Waals surface area contributed by atoms with Crippen LogP contribution >= 0.6 is 0 Å². The van der Waals surface area contributed by atoms with Crippen LogP contribution in [0.2, 0.25) is 0 Å². The van der Waals surface area contributed by atoms with Crippen LogP contribution in [0.3, 0.4) is 0 Å². The highest BCUT2D eigenvalue weighted by molar-refractivity contribution is 7.89. The van der Waals surface area contributed by atoms with Crippen LogP contribution in [0.15, 0.2) is 23.1 Å². The minimum absolute atomic E-state index is 0.0348. The predicted molar refractivity (Wildman–Crippen MR) is 83.5 cm³/mol. The molecule has 2 rings (SSSR count). The first-order valence-corrected chi connectivity index (χ1v) is 9.17. The summed E-state index contributed by atoms with van der Waals surface area (Å²) in [6, 6.07) is 4.96. The Morgan fingerprint density at radius 3 is 2.76 bits per heavy atom. The number of hydrogen-bond acceptors (Lipinski definition) is 3. The highest BCUT2D eigenvalue weighted by Crippen LogP contribution is 2.27. The molecule has 0 aromatic heterocycles. The van der Waals surface area contributed by atoms with E-state index in [1.165, 1.54) is 6.42 Å². The van der Waals surface area contributed by atoms with E-state index < -0.39 is 10.0 Å². The molecule has 0 aliphatic heterocycles. The molecule has 0 heterocycles. The number of nitrogens with one attached hydrogen (secondary N) is 1. The molecule has 1 aliphatic rings. The van der Waals surface area contributed by atoms with Crippen LogP contribution in [0.25, 0.3) is 0 Å². The molecule has 118 valence electrons. The second-order valence-electron chi connectivity index (χ2n) is 6.01. The Hall–Kier alpha value is -0.910. The van der Waals surface area contributed by atoms with Crippen molar-refractivity contribution in [2.24, 2.45) is 5.92 Å². The molecule has 2 atom stereocenters. The first kappa shape index (κ1) is 16.5. The lowest BCUT2D eigenvalue weighted by Gasteiger charge is -2.28. The van der Waals surface area contributed by atoms with E-state index in [9.17, 15) is 13.5 Å². The molecule has 0 spiro atoms. The van der Waals surface area contributed by atoms with Gasteiger partial charge in [0.25, 0.3) is 0 Å². The molecule has 0 bridgehead atoms. The number of aliphatic hydroxyl groups is 1. The van der Waals surface area contributed by atoms with Crippen LogP contribution in [-0.4, -0.2) is 19.6 Å². The van der Waals surface area contributed by atoms with E-state index in [4.69, 9.17) is 0 Å². The van der Waals surface area contributed by atoms with Gasteiger partial charge in [-0.05, 0) is 48.9 Å². The minimum atomic E-state index is -3.50. The summed E-state index contributed by atoms with van der Waals surface area (Å²) >= 11 is 0. The Bertz CT molecular complexity index is 583. The fourth-order valence-electron chi connectivity index (χ4n) is 3.04. The van der Waals surface area contributed by atoms with E-state index in [-0.39, 0.29) is 17.5 Å². The van der Waals surface area contributed by atoms with Crippen LogP contribution in [0.1, 0.15) is 50.2 Å². The van der Waals surface area contributed by atoms with Gasteiger partial charge in [-0.2, -0.15) is 0 Å². The third-order valence-electron chi connectivity index (χ3n) is 4.48. The Morgan fingerprint density at radius 2 is 2.10 bits per heavy atom. The maximum Gasteiger partial charge on any atom is 0.240 e. The van der Waals surface area contributed by atoms with Crippen LogP contribution < -0.4 is 4.72 Å². The van der Waals surface area contributed by atoms with Gasteiger partial charge in [0, 0.05) is 6.04 Å². The van der Waals surface area contributed by atoms with Gasteiger partial charge >= 0.3 is 0 Å². The normalized spacial score (nSPS) is 23.2. The van der Waals surface area contributed by atoms with Gasteiger partial charge in [0.1, 0.15) is 0 Å². The lowest BCUT2D eigenvalue weighted by atomic mass is 9.85. The molecule has 0 radical (unpaired) electrons. The first-order valence-electron chi connectivity index (χ1n) is 7.69. The third kappa shape index (κ3) is 4.05. The second-order valence-corrected chi connectivity index (χ2v) is 7.72. The van der Waals surface area contributed by atoms with Crippen molar-refractivity contribution in [3.8, 4) is 0 Å². The summed E-state index contributed by atoms with van der Waals surface area (Å²) in [6.45, 7) is 3.88. The Labute approximate surface area is 127 Å². The quantitative estimate of drug-likeness (QED) is 0.878. The van der Waals surface area contributed by atoms with Crippen molar-refractivity contribution in [1.82, 2.24) is 4.72 Å². The first-order chi connectivity index (χ1) is 9.96. The number of aryl methyl sites for hydroxylation is 1. The van der Waals surface area contributed by atoms with Crippen molar-refractivity contribution in [1.29, 1.82) is 0 Å². The maximum atomic E-state index is 12.5. The molecule has 1 fully saturated rings. The summed E-state index contributed by atoms with van der Waals surface area (Å²) in [5.41, 5.74) is 1.56. The van der Waals surface area contributed by atoms with Gasteiger partial charge in [0.2, 0.25) is 10.0 Å². The topological polar surface area (TPSA) is 66.4 Å².